The van der Waals surface area contributed by atoms with Gasteiger partial charge in [-0.25, -0.2) is 4.39 Å². The molecular weight excluding hydrogens is 287 g/mol. The summed E-state index contributed by atoms with van der Waals surface area (Å²) in [6.07, 6.45) is 1.72. The number of β-amino-alcohol motifs (C(OH)–C–C–N with tert-alkyl or cyclic N) is 1. The number of nitrogens with zero attached hydrogens (tertiary/aromatic N) is 2. The largest absolute Gasteiger partial charge is 0.387 e. The fourth-order valence-corrected chi connectivity index (χ4v) is 2.58. The maximum Gasteiger partial charge on any atom is 0.240 e. The molecular formula is C15H19FN4O2. The number of piperidine rings is 1. The van der Waals surface area contributed by atoms with Crippen LogP contribution in [-0.2, 0) is 6.54 Å². The minimum absolute atomic E-state index is 0.230. The van der Waals surface area contributed by atoms with E-state index in [4.69, 9.17) is 4.52 Å². The van der Waals surface area contributed by atoms with Gasteiger partial charge < -0.3 is 20.3 Å². The number of nitrogens with one attached hydrogen (secondary N) is 2. The lowest BCUT2D eigenvalue weighted by molar-refractivity contribution is 0.0164. The minimum Gasteiger partial charge on any atom is -0.387 e. The Kier molecular flexibility index (Phi) is 4.47. The molecule has 0 aliphatic carbocycles. The van der Waals surface area contributed by atoms with Crippen LogP contribution in [0.2, 0.25) is 0 Å². The molecule has 3 rings (SSSR count). The molecule has 3 N–H and O–H groups in total. The molecule has 22 heavy (non-hydrogen) atoms. The Morgan fingerprint density at radius 2 is 2.27 bits per heavy atom. The Bertz CT molecular complexity index is 626. The predicted octanol–water partition coefficient (Wildman–Crippen LogP) is 1.08. The third-order valence-electron chi connectivity index (χ3n) is 3.76. The van der Waals surface area contributed by atoms with Crippen molar-refractivity contribution < 1.29 is 14.0 Å². The van der Waals surface area contributed by atoms with Crippen LogP contribution in [0.5, 0.6) is 0 Å². The molecule has 0 radical (unpaired) electrons. The molecule has 2 heterocycles. The molecule has 1 aromatic heterocycles. The third kappa shape index (κ3) is 3.49. The fourth-order valence-electron chi connectivity index (χ4n) is 2.58. The summed E-state index contributed by atoms with van der Waals surface area (Å²) in [6, 6.07) is 6.29. The first kappa shape index (κ1) is 15.1. The normalized spacial score (nSPS) is 21.9. The van der Waals surface area contributed by atoms with Crippen molar-refractivity contribution >= 4 is 0 Å². The highest BCUT2D eigenvalue weighted by Gasteiger charge is 2.28. The van der Waals surface area contributed by atoms with Crippen LogP contribution in [0.1, 0.15) is 18.7 Å². The van der Waals surface area contributed by atoms with Crippen LogP contribution in [0, 0.1) is 5.82 Å². The number of benzene rings is 1. The van der Waals surface area contributed by atoms with E-state index in [1.807, 2.05) is 0 Å². The molecule has 0 saturated carbocycles. The number of hydrogen-bond donors (Lipinski definition) is 3. The van der Waals surface area contributed by atoms with Crippen LogP contribution in [0.4, 0.5) is 4.39 Å². The molecule has 0 unspecified atom stereocenters. The third-order valence-corrected chi connectivity index (χ3v) is 3.76. The van der Waals surface area contributed by atoms with Gasteiger partial charge in [0, 0.05) is 13.1 Å². The first-order valence-corrected chi connectivity index (χ1v) is 7.38. The van der Waals surface area contributed by atoms with E-state index in [0.29, 0.717) is 31.1 Å². The van der Waals surface area contributed by atoms with Crippen molar-refractivity contribution in [3.63, 3.8) is 0 Å². The van der Waals surface area contributed by atoms with Crippen LogP contribution < -0.4 is 10.6 Å². The fraction of sp³-hybridized carbons (Fsp3) is 0.467. The lowest BCUT2D eigenvalue weighted by atomic mass is 9.94. The standard InChI is InChI=1S/C15H19FN4O2/c16-12-5-2-1-4-11(12)14-19-13(22-20-14)8-18-10-15(21)6-3-7-17-9-15/h1-2,4-5,17-18,21H,3,6-10H2/t15-/m1/s1. The molecule has 1 saturated heterocycles. The Hall–Kier alpha value is -1.83. The molecule has 1 aliphatic rings. The maximum atomic E-state index is 13.7. The van der Waals surface area contributed by atoms with Gasteiger partial charge in [-0.05, 0) is 31.5 Å². The van der Waals surface area contributed by atoms with Crippen molar-refractivity contribution in [2.45, 2.75) is 25.0 Å². The van der Waals surface area contributed by atoms with Gasteiger partial charge >= 0.3 is 0 Å². The van der Waals surface area contributed by atoms with Gasteiger partial charge in [0.05, 0.1) is 17.7 Å². The number of aromatic nitrogens is 2. The van der Waals surface area contributed by atoms with Gasteiger partial charge in [-0.2, -0.15) is 4.98 Å². The quantitative estimate of drug-likeness (QED) is 0.767. The zero-order valence-electron chi connectivity index (χ0n) is 12.2. The summed E-state index contributed by atoms with van der Waals surface area (Å²) in [6.45, 7) is 2.30. The van der Waals surface area contributed by atoms with Gasteiger partial charge in [0.25, 0.3) is 0 Å². The Morgan fingerprint density at radius 3 is 3.05 bits per heavy atom. The molecule has 1 aromatic carbocycles. The molecule has 0 spiro atoms. The molecule has 118 valence electrons. The number of rotatable bonds is 5. The molecule has 1 fully saturated rings. The second kappa shape index (κ2) is 6.51. The smallest absolute Gasteiger partial charge is 0.240 e. The van der Waals surface area contributed by atoms with E-state index in [9.17, 15) is 9.50 Å². The molecule has 0 bridgehead atoms. The Morgan fingerprint density at radius 1 is 1.41 bits per heavy atom. The topological polar surface area (TPSA) is 83.2 Å². The summed E-state index contributed by atoms with van der Waals surface area (Å²) in [4.78, 5) is 4.17. The van der Waals surface area contributed by atoms with Crippen molar-refractivity contribution in [1.82, 2.24) is 20.8 Å². The van der Waals surface area contributed by atoms with Crippen molar-refractivity contribution in [2.75, 3.05) is 19.6 Å². The lowest BCUT2D eigenvalue weighted by Crippen LogP contribution is -2.51. The highest BCUT2D eigenvalue weighted by atomic mass is 19.1. The highest BCUT2D eigenvalue weighted by Crippen LogP contribution is 2.19. The second-order valence-electron chi connectivity index (χ2n) is 5.60. The molecule has 6 nitrogen and oxygen atoms in total. The maximum absolute atomic E-state index is 13.7. The van der Waals surface area contributed by atoms with Crippen molar-refractivity contribution in [3.05, 3.63) is 36.0 Å². The SMILES string of the molecule is O[C@]1(CNCc2nc(-c3ccccc3F)no2)CCCNC1. The monoisotopic (exact) mass is 306 g/mol. The van der Waals surface area contributed by atoms with E-state index >= 15 is 0 Å². The Balaban J connectivity index is 1.57. The highest BCUT2D eigenvalue weighted by molar-refractivity contribution is 5.54. The predicted molar refractivity (Wildman–Crippen MR) is 78.5 cm³/mol. The molecule has 1 aliphatic heterocycles. The molecule has 0 amide bonds. The zero-order chi connectivity index (χ0) is 15.4. The minimum atomic E-state index is -0.743. The summed E-state index contributed by atoms with van der Waals surface area (Å²) in [5.41, 5.74) is -0.431. The summed E-state index contributed by atoms with van der Waals surface area (Å²) in [5, 5.41) is 20.4. The lowest BCUT2D eigenvalue weighted by Gasteiger charge is -2.32. The van der Waals surface area contributed by atoms with E-state index in [-0.39, 0.29) is 11.6 Å². The number of halogens is 1. The van der Waals surface area contributed by atoms with Crippen LogP contribution in [0.3, 0.4) is 0 Å². The Labute approximate surface area is 127 Å². The van der Waals surface area contributed by atoms with Gasteiger partial charge in [0.2, 0.25) is 11.7 Å². The van der Waals surface area contributed by atoms with Crippen LogP contribution in [0.15, 0.2) is 28.8 Å². The first-order valence-electron chi connectivity index (χ1n) is 7.38. The average Bonchev–Trinajstić information content (AvgIpc) is 2.97. The summed E-state index contributed by atoms with van der Waals surface area (Å²) < 4.78 is 18.8. The van der Waals surface area contributed by atoms with E-state index in [1.165, 1.54) is 6.07 Å². The van der Waals surface area contributed by atoms with E-state index in [2.05, 4.69) is 20.8 Å². The summed E-state index contributed by atoms with van der Waals surface area (Å²) in [5.74, 6) is 0.212. The van der Waals surface area contributed by atoms with Crippen molar-refractivity contribution in [2.24, 2.45) is 0 Å². The van der Waals surface area contributed by atoms with Crippen LogP contribution in [-0.4, -0.2) is 40.5 Å². The van der Waals surface area contributed by atoms with E-state index in [0.717, 1.165) is 19.4 Å². The van der Waals surface area contributed by atoms with E-state index in [1.54, 1.807) is 18.2 Å². The van der Waals surface area contributed by atoms with Crippen LogP contribution >= 0.6 is 0 Å². The number of aliphatic hydroxyl groups is 1. The van der Waals surface area contributed by atoms with Crippen LogP contribution in [0.25, 0.3) is 11.4 Å². The summed E-state index contributed by atoms with van der Waals surface area (Å²) >= 11 is 0. The van der Waals surface area contributed by atoms with Crippen molar-refractivity contribution in [3.8, 4) is 11.4 Å². The molecule has 2 aromatic rings. The van der Waals surface area contributed by atoms with Gasteiger partial charge in [0.1, 0.15) is 5.82 Å². The first-order chi connectivity index (χ1) is 10.7. The number of hydrogen-bond acceptors (Lipinski definition) is 6. The molecule has 7 heteroatoms. The zero-order valence-corrected chi connectivity index (χ0v) is 12.2. The van der Waals surface area contributed by atoms with E-state index < -0.39 is 5.60 Å². The summed E-state index contributed by atoms with van der Waals surface area (Å²) in [7, 11) is 0. The van der Waals surface area contributed by atoms with Gasteiger partial charge in [0.15, 0.2) is 0 Å². The van der Waals surface area contributed by atoms with Gasteiger partial charge in [-0.1, -0.05) is 17.3 Å². The molecule has 1 atom stereocenters. The van der Waals surface area contributed by atoms with Gasteiger partial charge in [-0.15, -0.1) is 0 Å². The second-order valence-corrected chi connectivity index (χ2v) is 5.60. The average molecular weight is 306 g/mol. The van der Waals surface area contributed by atoms with Gasteiger partial charge in [-0.3, -0.25) is 0 Å². The van der Waals surface area contributed by atoms with Crippen molar-refractivity contribution in [1.29, 1.82) is 0 Å².